The molecular formula is C53H103NO11S. The van der Waals surface area contributed by atoms with E-state index in [2.05, 4.69) is 19.2 Å². The van der Waals surface area contributed by atoms with Crippen molar-refractivity contribution in [1.82, 2.24) is 5.32 Å². The van der Waals surface area contributed by atoms with Crippen LogP contribution >= 0.6 is 0 Å². The number of nitrogens with one attached hydrogen (secondary N) is 1. The van der Waals surface area contributed by atoms with Gasteiger partial charge in [-0.1, -0.05) is 219 Å². The minimum Gasteiger partial charge on any atom is -0.393 e. The molecule has 66 heavy (non-hydrogen) atoms. The van der Waals surface area contributed by atoms with Crippen LogP contribution in [-0.2, 0) is 28.9 Å². The van der Waals surface area contributed by atoms with Crippen molar-refractivity contribution in [3.63, 3.8) is 0 Å². The van der Waals surface area contributed by atoms with Crippen molar-refractivity contribution in [2.45, 2.75) is 307 Å². The largest absolute Gasteiger partial charge is 0.398 e. The van der Waals surface area contributed by atoms with Gasteiger partial charge in [-0.2, -0.15) is 8.42 Å². The molecule has 0 bridgehead atoms. The molecule has 1 heterocycles. The molecule has 7 atom stereocenters. The first-order valence-corrected chi connectivity index (χ1v) is 28.4. The highest BCUT2D eigenvalue weighted by Gasteiger charge is 2.77. The maximum atomic E-state index is 13.3. The first kappa shape index (κ1) is 62.9. The third kappa shape index (κ3) is 23.2. The molecule has 7 unspecified atom stereocenters. The molecule has 12 nitrogen and oxygen atoms in total. The Kier molecular flexibility index (Phi) is 32.6. The van der Waals surface area contributed by atoms with E-state index >= 15 is 0 Å². The highest BCUT2D eigenvalue weighted by molar-refractivity contribution is 7.80. The number of hydrogen-bond donors (Lipinski definition) is 6. The minimum atomic E-state index is -5.27. The lowest BCUT2D eigenvalue weighted by Gasteiger charge is -2.65. The van der Waals surface area contributed by atoms with Crippen LogP contribution in [0.4, 0.5) is 0 Å². The summed E-state index contributed by atoms with van der Waals surface area (Å²) in [6, 6.07) is -1.01. The van der Waals surface area contributed by atoms with E-state index in [1.807, 2.05) is 6.08 Å². The molecule has 0 saturated carbocycles. The topological polar surface area (TPSA) is 192 Å². The zero-order valence-corrected chi connectivity index (χ0v) is 44.2. The van der Waals surface area contributed by atoms with Crippen molar-refractivity contribution in [3.05, 3.63) is 12.2 Å². The maximum absolute atomic E-state index is 13.3. The summed E-state index contributed by atoms with van der Waals surface area (Å²) in [5.41, 5.74) is -9.44. The third-order valence-electron chi connectivity index (χ3n) is 14.9. The lowest BCUT2D eigenvalue weighted by molar-refractivity contribution is -0.453. The number of carbonyl (C=O) groups excluding carboxylic acids is 1. The molecule has 13 heteroatoms. The first-order valence-electron chi connectivity index (χ1n) is 27.0. The second-order valence-electron chi connectivity index (χ2n) is 20.7. The maximum Gasteiger partial charge on any atom is 0.398 e. The smallest absolute Gasteiger partial charge is 0.393 e. The highest BCUT2D eigenvalue weighted by atomic mass is 32.3. The first-order chi connectivity index (χ1) is 31.3. The van der Waals surface area contributed by atoms with E-state index in [0.717, 1.165) is 65.7 Å². The van der Waals surface area contributed by atoms with E-state index in [4.69, 9.17) is 13.7 Å². The number of allylic oxidation sites excluding steroid dienone is 1. The number of amides is 1. The van der Waals surface area contributed by atoms with Crippen molar-refractivity contribution in [2.24, 2.45) is 0 Å². The predicted molar refractivity (Wildman–Crippen MR) is 269 cm³/mol. The van der Waals surface area contributed by atoms with Gasteiger partial charge in [-0.25, -0.2) is 4.18 Å². The van der Waals surface area contributed by atoms with Gasteiger partial charge in [-0.3, -0.25) is 9.35 Å². The van der Waals surface area contributed by atoms with Crippen LogP contribution < -0.4 is 5.32 Å². The van der Waals surface area contributed by atoms with Gasteiger partial charge in [0.05, 0.1) is 25.4 Å². The Hall–Kier alpha value is -1.16. The van der Waals surface area contributed by atoms with Gasteiger partial charge in [0.25, 0.3) is 0 Å². The van der Waals surface area contributed by atoms with Gasteiger partial charge in [0, 0.05) is 6.42 Å². The van der Waals surface area contributed by atoms with Gasteiger partial charge < -0.3 is 35.2 Å². The molecule has 0 aromatic carbocycles. The number of ether oxygens (including phenoxy) is 2. The van der Waals surface area contributed by atoms with Crippen LogP contribution in [0.5, 0.6) is 0 Å². The summed E-state index contributed by atoms with van der Waals surface area (Å²) in [5.74, 6) is -2.48. The Labute approximate surface area is 404 Å². The molecule has 0 spiro atoms. The molecule has 0 radical (unpaired) electrons. The molecule has 392 valence electrons. The van der Waals surface area contributed by atoms with Gasteiger partial charge >= 0.3 is 10.4 Å². The normalized spacial score (nSPS) is 25.7. The number of hydrogen-bond acceptors (Lipinski definition) is 10. The van der Waals surface area contributed by atoms with Crippen LogP contribution in [-0.4, -0.2) is 92.9 Å². The molecule has 0 aromatic rings. The molecule has 1 aliphatic heterocycles. The summed E-state index contributed by atoms with van der Waals surface area (Å²) in [7, 11) is -5.27. The van der Waals surface area contributed by atoms with Crippen molar-refractivity contribution >= 4 is 16.3 Å². The molecule has 1 aliphatic rings. The second-order valence-corrected chi connectivity index (χ2v) is 21.7. The van der Waals surface area contributed by atoms with E-state index in [9.17, 15) is 38.2 Å². The highest BCUT2D eigenvalue weighted by Crippen LogP contribution is 2.56. The number of carbonyl (C=O) groups is 1. The molecule has 0 aliphatic carbocycles. The molecular weight excluding hydrogens is 859 g/mol. The van der Waals surface area contributed by atoms with Crippen LogP contribution in [0.1, 0.15) is 267 Å². The van der Waals surface area contributed by atoms with Crippen LogP contribution in [0.25, 0.3) is 0 Å². The van der Waals surface area contributed by atoms with Gasteiger partial charge in [0.1, 0.15) is 16.8 Å². The molecule has 0 aromatic heterocycles. The molecule has 6 N–H and O–H groups in total. The molecule has 1 fully saturated rings. The number of aliphatic hydroxyl groups is 4. The standard InChI is InChI=1S/C53H103NO11S/c1-8-10-12-14-16-18-20-22-23-24-25-26-27-28-29-31-33-35-37-39-41-43-48(57)54-46(47(56)42-40-38-36-34-32-30-21-19-17-15-13-11-9-2)44-63-53(7)51(5,59)52(6,65-66(60,61)62)50(4,58)49(3,45-55)64-53/h40,42,46-47,55-56,58-59H,8-39,41,43-45H2,1-7H3,(H,54,57)(H,60,61,62)/b42-40-. The van der Waals surface area contributed by atoms with Crippen LogP contribution in [0.2, 0.25) is 0 Å². The second kappa shape index (κ2) is 34.2. The van der Waals surface area contributed by atoms with Crippen molar-refractivity contribution in [1.29, 1.82) is 0 Å². The lowest BCUT2D eigenvalue weighted by Crippen LogP contribution is -2.85. The zero-order valence-electron chi connectivity index (χ0n) is 43.4. The van der Waals surface area contributed by atoms with Gasteiger partial charge in [-0.05, 0) is 53.9 Å². The Morgan fingerprint density at radius 3 is 1.33 bits per heavy atom. The monoisotopic (exact) mass is 962 g/mol. The van der Waals surface area contributed by atoms with Gasteiger partial charge in [0.15, 0.2) is 11.4 Å². The number of unbranched alkanes of at least 4 members (excludes halogenated alkanes) is 31. The van der Waals surface area contributed by atoms with Crippen LogP contribution in [0.15, 0.2) is 12.2 Å². The Morgan fingerprint density at radius 1 is 0.606 bits per heavy atom. The van der Waals surface area contributed by atoms with Gasteiger partial charge in [-0.15, -0.1) is 0 Å². The zero-order chi connectivity index (χ0) is 49.4. The number of aliphatic hydroxyl groups excluding tert-OH is 2. The summed E-state index contributed by atoms with van der Waals surface area (Å²) in [5, 5.41) is 48.3. The number of rotatable bonds is 43. The van der Waals surface area contributed by atoms with Crippen molar-refractivity contribution in [2.75, 3.05) is 13.2 Å². The Bertz CT molecular complexity index is 1380. The Morgan fingerprint density at radius 2 is 0.970 bits per heavy atom. The molecule has 1 saturated heterocycles. The summed E-state index contributed by atoms with van der Waals surface area (Å²) in [4.78, 5) is 13.3. The average molecular weight is 962 g/mol. The third-order valence-corrected chi connectivity index (χ3v) is 15.4. The minimum absolute atomic E-state index is 0.252. The van der Waals surface area contributed by atoms with Crippen LogP contribution in [0.3, 0.4) is 0 Å². The summed E-state index contributed by atoms with van der Waals surface area (Å²) in [6.07, 6.45) is 43.6. The van der Waals surface area contributed by atoms with E-state index < -0.39 is 63.9 Å². The average Bonchev–Trinajstić information content (AvgIpc) is 3.25. The van der Waals surface area contributed by atoms with Gasteiger partial charge in [0.2, 0.25) is 5.91 Å². The summed E-state index contributed by atoms with van der Waals surface area (Å²) < 4.78 is 51.2. The quantitative estimate of drug-likeness (QED) is 0.0194. The summed E-state index contributed by atoms with van der Waals surface area (Å²) >= 11 is 0. The van der Waals surface area contributed by atoms with Crippen LogP contribution in [0, 0.1) is 0 Å². The lowest BCUT2D eigenvalue weighted by atomic mass is 9.61. The van der Waals surface area contributed by atoms with E-state index in [1.165, 1.54) is 174 Å². The SMILES string of the molecule is CCCCCCCCCCCCC/C=C\C(O)C(COC1(C)OC(C)(CO)C(C)(O)C(C)(OS(=O)(=O)O)C1(C)O)NC(=O)CCCCCCCCCCCCCCCCCCCCCCC. The van der Waals surface area contributed by atoms with E-state index in [1.54, 1.807) is 6.08 Å². The van der Waals surface area contributed by atoms with Crippen molar-refractivity contribution < 1.29 is 51.8 Å². The fourth-order valence-corrected chi connectivity index (χ4v) is 10.3. The summed E-state index contributed by atoms with van der Waals surface area (Å²) in [6.45, 7) is 9.14. The fourth-order valence-electron chi connectivity index (χ4n) is 9.54. The predicted octanol–water partition coefficient (Wildman–Crippen LogP) is 12.3. The molecule has 1 amide bonds. The van der Waals surface area contributed by atoms with Crippen molar-refractivity contribution in [3.8, 4) is 0 Å². The fraction of sp³-hybridized carbons (Fsp3) is 0.943. The van der Waals surface area contributed by atoms with E-state index in [-0.39, 0.29) is 12.3 Å². The van der Waals surface area contributed by atoms with E-state index in [0.29, 0.717) is 6.42 Å². The Balaban J connectivity index is 2.68. The molecule has 1 rings (SSSR count).